The smallest absolute Gasteiger partial charge is 0.258 e. The quantitative estimate of drug-likeness (QED) is 0.912. The van der Waals surface area contributed by atoms with Gasteiger partial charge in [-0.3, -0.25) is 10.1 Å². The summed E-state index contributed by atoms with van der Waals surface area (Å²) in [5, 5.41) is 6.71. The van der Waals surface area contributed by atoms with Gasteiger partial charge in [-0.2, -0.15) is 11.8 Å². The first-order valence-electron chi connectivity index (χ1n) is 7.91. The van der Waals surface area contributed by atoms with Crippen molar-refractivity contribution in [1.82, 2.24) is 10.1 Å². The zero-order valence-electron chi connectivity index (χ0n) is 14.0. The standard InChI is InChI=1S/C17H21N3O3S/c1-17(2,3)13-9-15(23-20-13)19-16(21)11-4-6-18-14(8-11)22-12-5-7-24-10-12/h4,6,8-9,12H,5,7,10H2,1-3H3,(H,19,21). The Morgan fingerprint density at radius 2 is 2.25 bits per heavy atom. The van der Waals surface area contributed by atoms with Crippen molar-refractivity contribution in [2.24, 2.45) is 0 Å². The largest absolute Gasteiger partial charge is 0.473 e. The lowest BCUT2D eigenvalue weighted by Crippen LogP contribution is -2.17. The third-order valence-corrected chi connectivity index (χ3v) is 4.82. The van der Waals surface area contributed by atoms with E-state index in [1.165, 1.54) is 0 Å². The van der Waals surface area contributed by atoms with Crippen molar-refractivity contribution in [3.63, 3.8) is 0 Å². The zero-order valence-corrected chi connectivity index (χ0v) is 14.9. The fourth-order valence-corrected chi connectivity index (χ4v) is 3.36. The van der Waals surface area contributed by atoms with Crippen LogP contribution in [0.3, 0.4) is 0 Å². The molecule has 0 saturated carbocycles. The number of pyridine rings is 1. The van der Waals surface area contributed by atoms with E-state index >= 15 is 0 Å². The molecule has 0 bridgehead atoms. The number of anilines is 1. The normalized spacial score (nSPS) is 17.7. The van der Waals surface area contributed by atoms with Crippen molar-refractivity contribution in [3.05, 3.63) is 35.7 Å². The molecule has 1 saturated heterocycles. The number of hydrogen-bond donors (Lipinski definition) is 1. The Morgan fingerprint density at radius 1 is 1.42 bits per heavy atom. The summed E-state index contributed by atoms with van der Waals surface area (Å²) in [4.78, 5) is 16.6. The average molecular weight is 347 g/mol. The van der Waals surface area contributed by atoms with Crippen LogP contribution in [0.25, 0.3) is 0 Å². The van der Waals surface area contributed by atoms with Crippen LogP contribution in [0.15, 0.2) is 28.9 Å². The van der Waals surface area contributed by atoms with Crippen LogP contribution in [0, 0.1) is 0 Å². The van der Waals surface area contributed by atoms with Gasteiger partial charge >= 0.3 is 0 Å². The summed E-state index contributed by atoms with van der Waals surface area (Å²) in [5.74, 6) is 2.59. The molecule has 0 aromatic carbocycles. The second-order valence-electron chi connectivity index (χ2n) is 6.77. The van der Waals surface area contributed by atoms with Crippen LogP contribution >= 0.6 is 11.8 Å². The third-order valence-electron chi connectivity index (χ3n) is 3.69. The first-order chi connectivity index (χ1) is 11.4. The first-order valence-corrected chi connectivity index (χ1v) is 9.06. The molecule has 1 aliphatic rings. The van der Waals surface area contributed by atoms with Gasteiger partial charge in [0.1, 0.15) is 6.10 Å². The highest BCUT2D eigenvalue weighted by atomic mass is 32.2. The van der Waals surface area contributed by atoms with Crippen LogP contribution in [0.2, 0.25) is 0 Å². The SMILES string of the molecule is CC(C)(C)c1cc(NC(=O)c2ccnc(OC3CCSC3)c2)on1. The molecule has 24 heavy (non-hydrogen) atoms. The van der Waals surface area contributed by atoms with Crippen molar-refractivity contribution < 1.29 is 14.1 Å². The van der Waals surface area contributed by atoms with Gasteiger partial charge in [-0.1, -0.05) is 25.9 Å². The van der Waals surface area contributed by atoms with E-state index in [2.05, 4.69) is 15.5 Å². The summed E-state index contributed by atoms with van der Waals surface area (Å²) in [6.07, 6.45) is 2.76. The number of hydrogen-bond acceptors (Lipinski definition) is 6. The van der Waals surface area contributed by atoms with E-state index in [1.807, 2.05) is 32.5 Å². The summed E-state index contributed by atoms with van der Waals surface area (Å²) < 4.78 is 11.0. The molecule has 0 aliphatic carbocycles. The second kappa shape index (κ2) is 6.84. The third kappa shape index (κ3) is 4.08. The average Bonchev–Trinajstić information content (AvgIpc) is 3.18. The molecule has 6 nitrogen and oxygen atoms in total. The number of aromatic nitrogens is 2. The number of carbonyl (C=O) groups is 1. The van der Waals surface area contributed by atoms with Gasteiger partial charge in [0, 0.05) is 35.1 Å². The molecule has 7 heteroatoms. The molecule has 0 spiro atoms. The lowest BCUT2D eigenvalue weighted by Gasteiger charge is -2.12. The number of amides is 1. The number of nitrogens with one attached hydrogen (secondary N) is 1. The Hall–Kier alpha value is -2.02. The highest BCUT2D eigenvalue weighted by molar-refractivity contribution is 7.99. The number of ether oxygens (including phenoxy) is 1. The molecule has 1 aliphatic heterocycles. The van der Waals surface area contributed by atoms with E-state index < -0.39 is 0 Å². The maximum atomic E-state index is 12.4. The number of nitrogens with zero attached hydrogens (tertiary/aromatic N) is 2. The highest BCUT2D eigenvalue weighted by Crippen LogP contribution is 2.25. The molecule has 1 fully saturated rings. The molecule has 1 unspecified atom stereocenters. The van der Waals surface area contributed by atoms with Crippen LogP contribution in [-0.2, 0) is 5.41 Å². The van der Waals surface area contributed by atoms with E-state index in [0.717, 1.165) is 23.6 Å². The lowest BCUT2D eigenvalue weighted by molar-refractivity contribution is 0.102. The Balaban J connectivity index is 1.67. The van der Waals surface area contributed by atoms with Gasteiger partial charge in [0.15, 0.2) is 0 Å². The fourth-order valence-electron chi connectivity index (χ4n) is 2.26. The first kappa shape index (κ1) is 16.8. The molecule has 2 aromatic heterocycles. The Bertz CT molecular complexity index is 718. The topological polar surface area (TPSA) is 77.2 Å². The molecule has 2 aromatic rings. The number of thioether (sulfide) groups is 1. The molecule has 0 radical (unpaired) electrons. The zero-order chi connectivity index (χ0) is 17.2. The molecule has 1 atom stereocenters. The van der Waals surface area contributed by atoms with E-state index in [9.17, 15) is 4.79 Å². The van der Waals surface area contributed by atoms with E-state index in [1.54, 1.807) is 24.4 Å². The van der Waals surface area contributed by atoms with Crippen molar-refractivity contribution in [1.29, 1.82) is 0 Å². The van der Waals surface area contributed by atoms with Crippen LogP contribution in [0.5, 0.6) is 5.88 Å². The molecule has 1 amide bonds. The van der Waals surface area contributed by atoms with Crippen molar-refractivity contribution in [2.75, 3.05) is 16.8 Å². The maximum absolute atomic E-state index is 12.4. The van der Waals surface area contributed by atoms with Crippen LogP contribution in [-0.4, -0.2) is 33.7 Å². The molecule has 3 heterocycles. The minimum atomic E-state index is -0.278. The van der Waals surface area contributed by atoms with Gasteiger partial charge in [0.05, 0.1) is 5.69 Å². The van der Waals surface area contributed by atoms with Gasteiger partial charge < -0.3 is 9.26 Å². The molecular formula is C17H21N3O3S. The Labute approximate surface area is 145 Å². The summed E-state index contributed by atoms with van der Waals surface area (Å²) in [5.41, 5.74) is 1.12. The van der Waals surface area contributed by atoms with E-state index in [0.29, 0.717) is 17.3 Å². The minimum absolute atomic E-state index is 0.135. The predicted octanol–water partition coefficient (Wildman–Crippen LogP) is 3.50. The summed E-state index contributed by atoms with van der Waals surface area (Å²) in [7, 11) is 0. The molecule has 128 valence electrons. The van der Waals surface area contributed by atoms with Gasteiger partial charge in [0.2, 0.25) is 11.8 Å². The maximum Gasteiger partial charge on any atom is 0.258 e. The Morgan fingerprint density at radius 3 is 2.92 bits per heavy atom. The van der Waals surface area contributed by atoms with Crippen molar-refractivity contribution in [2.45, 2.75) is 38.7 Å². The highest BCUT2D eigenvalue weighted by Gasteiger charge is 2.21. The van der Waals surface area contributed by atoms with Crippen LogP contribution < -0.4 is 10.1 Å². The summed E-state index contributed by atoms with van der Waals surface area (Å²) >= 11 is 1.87. The van der Waals surface area contributed by atoms with Crippen molar-refractivity contribution in [3.8, 4) is 5.88 Å². The van der Waals surface area contributed by atoms with Crippen LogP contribution in [0.1, 0.15) is 43.2 Å². The van der Waals surface area contributed by atoms with Gasteiger partial charge in [-0.15, -0.1) is 0 Å². The molecule has 1 N–H and O–H groups in total. The Kier molecular flexibility index (Phi) is 4.80. The van der Waals surface area contributed by atoms with Gasteiger partial charge in [-0.05, 0) is 18.2 Å². The van der Waals surface area contributed by atoms with Crippen molar-refractivity contribution >= 4 is 23.6 Å². The molecular weight excluding hydrogens is 326 g/mol. The monoisotopic (exact) mass is 347 g/mol. The number of carbonyl (C=O) groups excluding carboxylic acids is 1. The predicted molar refractivity (Wildman–Crippen MR) is 93.8 cm³/mol. The van der Waals surface area contributed by atoms with Crippen LogP contribution in [0.4, 0.5) is 5.88 Å². The summed E-state index contributed by atoms with van der Waals surface area (Å²) in [6.45, 7) is 6.10. The summed E-state index contributed by atoms with van der Waals surface area (Å²) in [6, 6.07) is 5.04. The second-order valence-corrected chi connectivity index (χ2v) is 7.92. The van der Waals surface area contributed by atoms with Gasteiger partial charge in [-0.25, -0.2) is 4.98 Å². The lowest BCUT2D eigenvalue weighted by atomic mass is 9.92. The minimum Gasteiger partial charge on any atom is -0.473 e. The van der Waals surface area contributed by atoms with E-state index in [4.69, 9.17) is 9.26 Å². The van der Waals surface area contributed by atoms with E-state index in [-0.39, 0.29) is 17.4 Å². The fraction of sp³-hybridized carbons (Fsp3) is 0.471. The van der Waals surface area contributed by atoms with Gasteiger partial charge in [0.25, 0.3) is 5.91 Å². The molecule has 3 rings (SSSR count). The number of rotatable bonds is 4.